The van der Waals surface area contributed by atoms with Gasteiger partial charge in [0.15, 0.2) is 0 Å². The van der Waals surface area contributed by atoms with Crippen molar-refractivity contribution in [3.05, 3.63) is 55.6 Å². The van der Waals surface area contributed by atoms with E-state index in [4.69, 9.17) is 4.74 Å². The number of para-hydroxylation sites is 1. The number of hydrogen-bond donors (Lipinski definition) is 1. The average Bonchev–Trinajstić information content (AvgIpc) is 3.43. The maximum atomic E-state index is 14.4. The fourth-order valence-corrected chi connectivity index (χ4v) is 7.14. The summed E-state index contributed by atoms with van der Waals surface area (Å²) in [5, 5.41) is 9.91. The van der Waals surface area contributed by atoms with Crippen LogP contribution in [0.15, 0.2) is 55.6 Å². The number of ether oxygens (including phenoxy) is 1. The third-order valence-corrected chi connectivity index (χ3v) is 8.99. The van der Waals surface area contributed by atoms with Crippen LogP contribution in [-0.4, -0.2) is 82.7 Å². The lowest BCUT2D eigenvalue weighted by Crippen LogP contribution is -2.57. The molecule has 0 aromatic heterocycles. The van der Waals surface area contributed by atoms with Gasteiger partial charge in [-0.25, -0.2) is 0 Å². The molecule has 3 saturated heterocycles. The quantitative estimate of drug-likeness (QED) is 0.308. The standard InChI is InChI=1S/C31H43N3O5/c1-6-9-13-18-32(16-7-2)29(38)26-31-21-22(4)30(5,39-31)24(25(31)28(37)34(26)19-20-35)27(36)33(17-8-3)23-14-11-10-12-15-23/h7-8,10-12,14-15,22,24-26,35H,2-3,6,9,13,16-21H2,1,4-5H3/t22?,24-,25-,26?,30+,31?/m0/s1. The summed E-state index contributed by atoms with van der Waals surface area (Å²) in [6.45, 7) is 14.7. The first-order valence-corrected chi connectivity index (χ1v) is 14.2. The molecule has 8 heteroatoms. The minimum atomic E-state index is -1.14. The van der Waals surface area contributed by atoms with Crippen LogP contribution >= 0.6 is 0 Å². The number of fused-ring (bicyclic) bond motifs is 1. The summed E-state index contributed by atoms with van der Waals surface area (Å²) >= 11 is 0. The van der Waals surface area contributed by atoms with E-state index >= 15 is 0 Å². The lowest BCUT2D eigenvalue weighted by Gasteiger charge is -2.39. The molecule has 3 fully saturated rings. The van der Waals surface area contributed by atoms with Crippen molar-refractivity contribution in [1.82, 2.24) is 9.80 Å². The van der Waals surface area contributed by atoms with Crippen molar-refractivity contribution < 1.29 is 24.2 Å². The maximum absolute atomic E-state index is 14.4. The lowest BCUT2D eigenvalue weighted by molar-refractivity contribution is -0.152. The second-order valence-electron chi connectivity index (χ2n) is 11.3. The Morgan fingerprint density at radius 2 is 1.85 bits per heavy atom. The van der Waals surface area contributed by atoms with Gasteiger partial charge >= 0.3 is 0 Å². The molecule has 0 saturated carbocycles. The number of aliphatic hydroxyl groups is 1. The number of rotatable bonds is 13. The summed E-state index contributed by atoms with van der Waals surface area (Å²) in [6.07, 6.45) is 6.71. The topological polar surface area (TPSA) is 90.4 Å². The highest BCUT2D eigenvalue weighted by molar-refractivity contribution is 6.03. The van der Waals surface area contributed by atoms with Crippen LogP contribution in [-0.2, 0) is 19.1 Å². The number of carbonyl (C=O) groups excluding carboxylic acids is 3. The summed E-state index contributed by atoms with van der Waals surface area (Å²) in [7, 11) is 0. The van der Waals surface area contributed by atoms with Gasteiger partial charge in [0.2, 0.25) is 17.7 Å². The zero-order valence-electron chi connectivity index (χ0n) is 23.6. The number of aliphatic hydroxyl groups excluding tert-OH is 1. The molecule has 3 amide bonds. The fraction of sp³-hybridized carbons (Fsp3) is 0.581. The van der Waals surface area contributed by atoms with Gasteiger partial charge in [-0.3, -0.25) is 14.4 Å². The van der Waals surface area contributed by atoms with Crippen LogP contribution in [0.25, 0.3) is 0 Å². The molecule has 1 aromatic carbocycles. The van der Waals surface area contributed by atoms with E-state index < -0.39 is 29.1 Å². The van der Waals surface area contributed by atoms with Crippen LogP contribution in [0.3, 0.4) is 0 Å². The maximum Gasteiger partial charge on any atom is 0.248 e. The minimum absolute atomic E-state index is 0.00873. The zero-order chi connectivity index (χ0) is 28.4. The molecule has 39 heavy (non-hydrogen) atoms. The number of unbranched alkanes of at least 4 members (excludes halogenated alkanes) is 2. The predicted octanol–water partition coefficient (Wildman–Crippen LogP) is 3.41. The minimum Gasteiger partial charge on any atom is -0.395 e. The molecule has 3 unspecified atom stereocenters. The van der Waals surface area contributed by atoms with Crippen LogP contribution in [0.1, 0.15) is 46.5 Å². The number of amides is 3. The molecular weight excluding hydrogens is 494 g/mol. The first-order chi connectivity index (χ1) is 18.7. The van der Waals surface area contributed by atoms with Crippen LogP contribution in [0.4, 0.5) is 5.69 Å². The monoisotopic (exact) mass is 537 g/mol. The van der Waals surface area contributed by atoms with E-state index in [2.05, 4.69) is 20.1 Å². The lowest BCUT2D eigenvalue weighted by atomic mass is 9.62. The third-order valence-electron chi connectivity index (χ3n) is 8.99. The van der Waals surface area contributed by atoms with Crippen molar-refractivity contribution >= 4 is 23.4 Å². The van der Waals surface area contributed by atoms with Crippen molar-refractivity contribution in [2.45, 2.75) is 63.7 Å². The van der Waals surface area contributed by atoms with Crippen LogP contribution < -0.4 is 4.90 Å². The Morgan fingerprint density at radius 1 is 1.15 bits per heavy atom. The molecule has 1 spiro atoms. The Morgan fingerprint density at radius 3 is 2.46 bits per heavy atom. The van der Waals surface area contributed by atoms with Gasteiger partial charge in [0, 0.05) is 31.9 Å². The zero-order valence-corrected chi connectivity index (χ0v) is 23.6. The number of hydrogen-bond acceptors (Lipinski definition) is 5. The highest BCUT2D eigenvalue weighted by Gasteiger charge is 2.80. The van der Waals surface area contributed by atoms with Gasteiger partial charge in [0.1, 0.15) is 11.6 Å². The largest absolute Gasteiger partial charge is 0.395 e. The Bertz CT molecular complexity index is 1090. The van der Waals surface area contributed by atoms with Crippen molar-refractivity contribution in [3.63, 3.8) is 0 Å². The number of likely N-dealkylation sites (tertiary alicyclic amines) is 1. The summed E-state index contributed by atoms with van der Waals surface area (Å²) in [6, 6.07) is 8.44. The smallest absolute Gasteiger partial charge is 0.248 e. The molecule has 2 bridgehead atoms. The second kappa shape index (κ2) is 11.6. The second-order valence-corrected chi connectivity index (χ2v) is 11.3. The van der Waals surface area contributed by atoms with Gasteiger partial charge in [-0.1, -0.05) is 57.0 Å². The van der Waals surface area contributed by atoms with E-state index in [1.165, 1.54) is 4.90 Å². The molecular formula is C31H43N3O5. The Labute approximate surface area is 232 Å². The first kappa shape index (κ1) is 29.0. The molecule has 212 valence electrons. The number of β-amino-alcohol motifs (C(OH)–C–C–N with tert-alkyl or cyclic N) is 1. The van der Waals surface area contributed by atoms with Crippen LogP contribution in [0.5, 0.6) is 0 Å². The highest BCUT2D eigenvalue weighted by atomic mass is 16.5. The van der Waals surface area contributed by atoms with Crippen LogP contribution in [0.2, 0.25) is 0 Å². The first-order valence-electron chi connectivity index (χ1n) is 14.2. The van der Waals surface area contributed by atoms with E-state index in [9.17, 15) is 19.5 Å². The number of anilines is 1. The van der Waals surface area contributed by atoms with E-state index in [0.717, 1.165) is 19.3 Å². The van der Waals surface area contributed by atoms with Crippen LogP contribution in [0, 0.1) is 17.8 Å². The number of carbonyl (C=O) groups is 3. The summed E-state index contributed by atoms with van der Waals surface area (Å²) in [4.78, 5) is 47.7. The van der Waals surface area contributed by atoms with E-state index in [1.54, 1.807) is 22.0 Å². The van der Waals surface area contributed by atoms with Gasteiger partial charge in [-0.05, 0) is 37.8 Å². The predicted molar refractivity (Wildman–Crippen MR) is 151 cm³/mol. The van der Waals surface area contributed by atoms with Gasteiger partial charge < -0.3 is 24.5 Å². The van der Waals surface area contributed by atoms with E-state index in [-0.39, 0.29) is 43.3 Å². The van der Waals surface area contributed by atoms with Gasteiger partial charge in [0.05, 0.1) is 24.0 Å². The van der Waals surface area contributed by atoms with Crippen molar-refractivity contribution in [2.75, 3.05) is 37.7 Å². The Hall–Kier alpha value is -2.97. The third kappa shape index (κ3) is 4.72. The normalized spacial score (nSPS) is 30.8. The Kier molecular flexibility index (Phi) is 8.66. The summed E-state index contributed by atoms with van der Waals surface area (Å²) in [5.74, 6) is -2.36. The van der Waals surface area contributed by atoms with E-state index in [0.29, 0.717) is 25.2 Å². The highest BCUT2D eigenvalue weighted by Crippen LogP contribution is 2.65. The molecule has 3 heterocycles. The molecule has 0 radical (unpaired) electrons. The molecule has 1 aromatic rings. The van der Waals surface area contributed by atoms with Crippen molar-refractivity contribution in [3.8, 4) is 0 Å². The van der Waals surface area contributed by atoms with Crippen molar-refractivity contribution in [1.29, 1.82) is 0 Å². The average molecular weight is 538 g/mol. The molecule has 0 aliphatic carbocycles. The molecule has 1 N–H and O–H groups in total. The molecule has 4 rings (SSSR count). The summed E-state index contributed by atoms with van der Waals surface area (Å²) < 4.78 is 6.83. The van der Waals surface area contributed by atoms with Crippen molar-refractivity contribution in [2.24, 2.45) is 17.8 Å². The Balaban J connectivity index is 1.78. The number of benzene rings is 1. The number of nitrogens with zero attached hydrogens (tertiary/aromatic N) is 3. The molecule has 8 nitrogen and oxygen atoms in total. The molecule has 3 aliphatic rings. The van der Waals surface area contributed by atoms with Gasteiger partial charge in [0.25, 0.3) is 0 Å². The molecule has 3 aliphatic heterocycles. The molecule has 6 atom stereocenters. The van der Waals surface area contributed by atoms with E-state index in [1.807, 2.05) is 44.2 Å². The van der Waals surface area contributed by atoms with Gasteiger partial charge in [-0.2, -0.15) is 0 Å². The van der Waals surface area contributed by atoms with Gasteiger partial charge in [-0.15, -0.1) is 13.2 Å². The SMILES string of the molecule is C=CCN(CCCCC)C(=O)C1N(CCO)C(=O)[C@@H]2[C@@H](C(=O)N(CC=C)c3ccccc3)[C@]3(C)OC12CC3C. The fourth-order valence-electron chi connectivity index (χ4n) is 7.14. The summed E-state index contributed by atoms with van der Waals surface area (Å²) in [5.41, 5.74) is -1.34.